The van der Waals surface area contributed by atoms with Crippen LogP contribution in [-0.2, 0) is 4.74 Å². The molecule has 44 heavy (non-hydrogen) atoms. The van der Waals surface area contributed by atoms with E-state index in [1.165, 1.54) is 103 Å². The summed E-state index contributed by atoms with van der Waals surface area (Å²) in [6, 6.07) is 15.2. The van der Waals surface area contributed by atoms with Gasteiger partial charge in [0.15, 0.2) is 11.5 Å². The third-order valence-electron chi connectivity index (χ3n) is 8.57. The lowest BCUT2D eigenvalue weighted by molar-refractivity contribution is 0.0625. The molecule has 0 fully saturated rings. The normalized spacial score (nSPS) is 12.6. The minimum Gasteiger partial charge on any atom is -0.487 e. The highest BCUT2D eigenvalue weighted by Crippen LogP contribution is 2.30. The molecule has 248 valence electrons. The monoisotopic (exact) mass is 608 g/mol. The maximum Gasteiger partial charge on any atom is 0.343 e. The Kier molecular flexibility index (Phi) is 21.4. The summed E-state index contributed by atoms with van der Waals surface area (Å²) in [6.45, 7) is 9.58. The molecule has 0 aliphatic heterocycles. The van der Waals surface area contributed by atoms with Gasteiger partial charge in [0.1, 0.15) is 0 Å². The summed E-state index contributed by atoms with van der Waals surface area (Å²) in [5.74, 6) is 0.762. The zero-order valence-corrected chi connectivity index (χ0v) is 28.8. The van der Waals surface area contributed by atoms with E-state index in [0.29, 0.717) is 17.1 Å². The lowest BCUT2D eigenvalue weighted by Gasteiger charge is -2.20. The molecule has 2 unspecified atom stereocenters. The van der Waals surface area contributed by atoms with Gasteiger partial charge in [0.25, 0.3) is 0 Å². The van der Waals surface area contributed by atoms with Crippen LogP contribution < -0.4 is 9.47 Å². The zero-order valence-electron chi connectivity index (χ0n) is 28.8. The number of hydrogen-bond acceptors (Lipinski definition) is 4. The van der Waals surface area contributed by atoms with Gasteiger partial charge in [-0.1, -0.05) is 148 Å². The average Bonchev–Trinajstić information content (AvgIpc) is 3.04. The topological polar surface area (TPSA) is 44.8 Å². The van der Waals surface area contributed by atoms with Crippen LogP contribution in [0.3, 0.4) is 0 Å². The van der Waals surface area contributed by atoms with Crippen molar-refractivity contribution >= 4 is 5.97 Å². The molecule has 0 amide bonds. The van der Waals surface area contributed by atoms with E-state index >= 15 is 0 Å². The van der Waals surface area contributed by atoms with E-state index in [0.717, 1.165) is 37.9 Å². The quantitative estimate of drug-likeness (QED) is 0.0575. The number of unbranched alkanes of at least 4 members (excludes halogenated alkanes) is 15. The molecule has 0 saturated carbocycles. The number of carbonyl (C=O) groups excluding carboxylic acids is 1. The number of benzene rings is 2. The van der Waals surface area contributed by atoms with Gasteiger partial charge in [-0.2, -0.15) is 0 Å². The van der Waals surface area contributed by atoms with Crippen LogP contribution in [0.5, 0.6) is 11.5 Å². The fraction of sp³-hybridized carbons (Fsp3) is 0.675. The molecule has 4 nitrogen and oxygen atoms in total. The van der Waals surface area contributed by atoms with Crippen molar-refractivity contribution in [2.45, 2.75) is 168 Å². The fourth-order valence-corrected chi connectivity index (χ4v) is 5.72. The minimum absolute atomic E-state index is 0.0000412. The highest BCUT2D eigenvalue weighted by atomic mass is 16.6. The van der Waals surface area contributed by atoms with Gasteiger partial charge in [-0.05, 0) is 62.4 Å². The second kappa shape index (κ2) is 24.9. The van der Waals surface area contributed by atoms with Crippen molar-refractivity contribution in [1.82, 2.24) is 0 Å². The molecule has 0 bridgehead atoms. The molecular weight excluding hydrogens is 544 g/mol. The lowest BCUT2D eigenvalue weighted by atomic mass is 10.0. The Bertz CT molecular complexity index is 970. The Morgan fingerprint density at radius 3 is 1.68 bits per heavy atom. The Morgan fingerprint density at radius 2 is 1.11 bits per heavy atom. The predicted molar refractivity (Wildman–Crippen MR) is 186 cm³/mol. The predicted octanol–water partition coefficient (Wildman–Crippen LogP) is 12.6. The number of para-hydroxylation sites is 2. The molecule has 0 aliphatic carbocycles. The summed E-state index contributed by atoms with van der Waals surface area (Å²) in [5, 5.41) is 0. The molecule has 2 atom stereocenters. The van der Waals surface area contributed by atoms with Gasteiger partial charge in [0, 0.05) is 6.61 Å². The van der Waals surface area contributed by atoms with Crippen LogP contribution in [0.15, 0.2) is 48.5 Å². The van der Waals surface area contributed by atoms with Gasteiger partial charge in [-0.25, -0.2) is 4.79 Å². The van der Waals surface area contributed by atoms with Crippen LogP contribution in [0, 0.1) is 0 Å². The van der Waals surface area contributed by atoms with Gasteiger partial charge < -0.3 is 14.2 Å². The smallest absolute Gasteiger partial charge is 0.343 e. The molecule has 0 N–H and O–H groups in total. The summed E-state index contributed by atoms with van der Waals surface area (Å²) in [5.41, 5.74) is 1.60. The van der Waals surface area contributed by atoms with Gasteiger partial charge in [0.2, 0.25) is 0 Å². The number of ether oxygens (including phenoxy) is 3. The summed E-state index contributed by atoms with van der Waals surface area (Å²) >= 11 is 0. The molecule has 0 radical (unpaired) electrons. The van der Waals surface area contributed by atoms with Gasteiger partial charge in [-0.15, -0.1) is 0 Å². The highest BCUT2D eigenvalue weighted by molar-refractivity contribution is 5.91. The van der Waals surface area contributed by atoms with E-state index in [2.05, 4.69) is 27.7 Å². The van der Waals surface area contributed by atoms with Crippen molar-refractivity contribution in [2.75, 3.05) is 6.61 Å². The molecule has 0 aromatic heterocycles. The molecule has 0 aliphatic rings. The lowest BCUT2D eigenvalue weighted by Crippen LogP contribution is -2.17. The van der Waals surface area contributed by atoms with E-state index < -0.39 is 0 Å². The number of esters is 1. The van der Waals surface area contributed by atoms with E-state index in [-0.39, 0.29) is 18.2 Å². The van der Waals surface area contributed by atoms with Crippen molar-refractivity contribution in [1.29, 1.82) is 0 Å². The first kappa shape index (κ1) is 37.9. The Labute approximate surface area is 270 Å². The van der Waals surface area contributed by atoms with Crippen LogP contribution in [-0.4, -0.2) is 18.7 Å². The largest absolute Gasteiger partial charge is 0.487 e. The first-order valence-corrected chi connectivity index (χ1v) is 18.3. The SMILES string of the molecule is CCCCCCCCCCCC(CCC)Oc1ccccc1OC(=O)c1ccc(C(C)OCCCCCCCCCC)cc1. The summed E-state index contributed by atoms with van der Waals surface area (Å²) in [7, 11) is 0. The Balaban J connectivity index is 1.77. The second-order valence-electron chi connectivity index (χ2n) is 12.6. The summed E-state index contributed by atoms with van der Waals surface area (Å²) in [6.07, 6.45) is 25.5. The second-order valence-corrected chi connectivity index (χ2v) is 12.6. The molecule has 0 heterocycles. The number of hydrogen-bond donors (Lipinski definition) is 0. The van der Waals surface area contributed by atoms with Crippen molar-refractivity contribution in [3.8, 4) is 11.5 Å². The fourth-order valence-electron chi connectivity index (χ4n) is 5.72. The molecule has 2 aromatic rings. The van der Waals surface area contributed by atoms with Crippen molar-refractivity contribution in [2.24, 2.45) is 0 Å². The van der Waals surface area contributed by atoms with Crippen molar-refractivity contribution in [3.05, 3.63) is 59.7 Å². The maximum absolute atomic E-state index is 13.1. The standard InChI is InChI=1S/C40H64O4/c1-5-8-10-12-14-16-17-19-21-26-37(25-7-3)43-38-27-22-23-28-39(38)44-40(41)36-31-29-35(30-32-36)34(4)42-33-24-20-18-15-13-11-9-6-2/h22-23,27-32,34,37H,5-21,24-26,33H2,1-4H3. The van der Waals surface area contributed by atoms with Gasteiger partial charge in [-0.3, -0.25) is 0 Å². The number of rotatable bonds is 27. The summed E-state index contributed by atoms with van der Waals surface area (Å²) in [4.78, 5) is 13.1. The number of carbonyl (C=O) groups is 1. The third kappa shape index (κ3) is 16.7. The van der Waals surface area contributed by atoms with Gasteiger partial charge >= 0.3 is 5.97 Å². The van der Waals surface area contributed by atoms with Crippen molar-refractivity contribution in [3.63, 3.8) is 0 Å². The van der Waals surface area contributed by atoms with E-state index in [1.54, 1.807) is 0 Å². The molecule has 4 heteroatoms. The van der Waals surface area contributed by atoms with Crippen LogP contribution >= 0.6 is 0 Å². The average molecular weight is 609 g/mol. The van der Waals surface area contributed by atoms with Crippen LogP contribution in [0.2, 0.25) is 0 Å². The van der Waals surface area contributed by atoms with E-state index in [1.807, 2.05) is 48.5 Å². The first-order chi connectivity index (χ1) is 21.6. The van der Waals surface area contributed by atoms with Crippen molar-refractivity contribution < 1.29 is 19.0 Å². The third-order valence-corrected chi connectivity index (χ3v) is 8.57. The molecular formula is C40H64O4. The van der Waals surface area contributed by atoms with Gasteiger partial charge in [0.05, 0.1) is 17.8 Å². The molecule has 2 aromatic carbocycles. The van der Waals surface area contributed by atoms with Crippen LogP contribution in [0.25, 0.3) is 0 Å². The van der Waals surface area contributed by atoms with Crippen LogP contribution in [0.4, 0.5) is 0 Å². The first-order valence-electron chi connectivity index (χ1n) is 18.3. The zero-order chi connectivity index (χ0) is 31.7. The Morgan fingerprint density at radius 1 is 0.591 bits per heavy atom. The summed E-state index contributed by atoms with van der Waals surface area (Å²) < 4.78 is 18.4. The van der Waals surface area contributed by atoms with E-state index in [4.69, 9.17) is 14.2 Å². The molecule has 2 rings (SSSR count). The maximum atomic E-state index is 13.1. The molecule has 0 saturated heterocycles. The molecule has 0 spiro atoms. The van der Waals surface area contributed by atoms with E-state index in [9.17, 15) is 4.79 Å². The minimum atomic E-state index is -0.369. The van der Waals surface area contributed by atoms with Crippen LogP contribution in [0.1, 0.15) is 178 Å². The highest BCUT2D eigenvalue weighted by Gasteiger charge is 2.17. The Hall–Kier alpha value is -2.33.